The summed E-state index contributed by atoms with van der Waals surface area (Å²) in [6.45, 7) is 4.50. The number of nitrogens with zero attached hydrogens (tertiary/aromatic N) is 4. The number of ether oxygens (including phenoxy) is 1. The van der Waals surface area contributed by atoms with Crippen molar-refractivity contribution in [3.8, 4) is 11.5 Å². The molecule has 2 amide bonds. The Bertz CT molecular complexity index is 1860. The molecule has 10 nitrogen and oxygen atoms in total. The van der Waals surface area contributed by atoms with E-state index in [0.29, 0.717) is 49.6 Å². The first kappa shape index (κ1) is 30.4. The molecule has 1 spiro atoms. The molecule has 2 bridgehead atoms. The van der Waals surface area contributed by atoms with Crippen molar-refractivity contribution in [1.82, 2.24) is 35.1 Å². The highest BCUT2D eigenvalue weighted by atomic mass is 19.1. The molecule has 2 saturated heterocycles. The molecule has 3 atom stereocenters. The minimum Gasteiger partial charge on any atom is -0.379 e. The number of amides is 2. The molecule has 3 aliphatic heterocycles. The smallest absolute Gasteiger partial charge is 0.254 e. The average Bonchev–Trinajstić information content (AvgIpc) is 3.71. The van der Waals surface area contributed by atoms with Crippen molar-refractivity contribution in [2.45, 2.75) is 89.1 Å². The van der Waals surface area contributed by atoms with Gasteiger partial charge in [-0.25, -0.2) is 18.7 Å². The molecule has 4 aromatic rings. The number of piperidine rings is 1. The van der Waals surface area contributed by atoms with Crippen LogP contribution in [0.25, 0.3) is 33.6 Å². The summed E-state index contributed by atoms with van der Waals surface area (Å²) in [6.07, 6.45) is 5.77. The van der Waals surface area contributed by atoms with Crippen molar-refractivity contribution in [1.29, 1.82) is 0 Å². The lowest BCUT2D eigenvalue weighted by Gasteiger charge is -2.40. The van der Waals surface area contributed by atoms with Crippen LogP contribution >= 0.6 is 0 Å². The molecule has 1 aromatic carbocycles. The number of rotatable bonds is 4. The van der Waals surface area contributed by atoms with Gasteiger partial charge < -0.3 is 29.8 Å². The Hall–Kier alpha value is -3.90. The SMILES string of the molecule is C[C@H]1NC(=O)C2(CCCCCCn3c(-c4nc5cc(C(=O)N[C@H]6CNCC[C@@H]6F)c(F)cc5n4C4CC4)cc4ccc1nc43)COC2. The molecule has 248 valence electrons. The first-order valence-electron chi connectivity index (χ1n) is 17.1. The summed E-state index contributed by atoms with van der Waals surface area (Å²) in [5.41, 5.74) is 3.07. The number of aromatic nitrogens is 4. The van der Waals surface area contributed by atoms with E-state index in [4.69, 9.17) is 14.7 Å². The number of alkyl halides is 1. The van der Waals surface area contributed by atoms with Crippen LogP contribution in [0.1, 0.15) is 86.4 Å². The van der Waals surface area contributed by atoms with Crippen molar-refractivity contribution in [3.63, 3.8) is 0 Å². The van der Waals surface area contributed by atoms with E-state index < -0.39 is 29.4 Å². The summed E-state index contributed by atoms with van der Waals surface area (Å²) in [6, 6.07) is 8.19. The molecule has 47 heavy (non-hydrogen) atoms. The van der Waals surface area contributed by atoms with Gasteiger partial charge in [-0.05, 0) is 69.8 Å². The average molecular weight is 646 g/mol. The molecular weight excluding hydrogens is 604 g/mol. The number of pyridine rings is 1. The fourth-order valence-corrected chi connectivity index (χ4v) is 7.43. The van der Waals surface area contributed by atoms with E-state index >= 15 is 4.39 Å². The molecule has 1 saturated carbocycles. The van der Waals surface area contributed by atoms with Crippen LogP contribution in [0, 0.1) is 11.2 Å². The number of nitrogens with one attached hydrogen (secondary N) is 3. The van der Waals surface area contributed by atoms with Gasteiger partial charge in [0.05, 0.1) is 58.7 Å². The van der Waals surface area contributed by atoms with Gasteiger partial charge in [0.15, 0.2) is 5.82 Å². The minimum absolute atomic E-state index is 0.0321. The summed E-state index contributed by atoms with van der Waals surface area (Å²) in [7, 11) is 0. The quantitative estimate of drug-likeness (QED) is 0.284. The maximum atomic E-state index is 15.6. The number of imidazole rings is 1. The lowest BCUT2D eigenvalue weighted by atomic mass is 9.79. The molecule has 6 heterocycles. The number of benzene rings is 1. The highest BCUT2D eigenvalue weighted by Crippen LogP contribution is 2.43. The number of hydrogen-bond donors (Lipinski definition) is 3. The second-order valence-electron chi connectivity index (χ2n) is 13.9. The third-order valence-corrected chi connectivity index (χ3v) is 10.5. The topological polar surface area (TPSA) is 115 Å². The molecule has 3 N–H and O–H groups in total. The first-order chi connectivity index (χ1) is 22.8. The number of aryl methyl sites for hydroxylation is 1. The molecule has 0 unspecified atom stereocenters. The fourth-order valence-electron chi connectivity index (χ4n) is 7.43. The monoisotopic (exact) mass is 645 g/mol. The normalized spacial score (nSPS) is 25.1. The van der Waals surface area contributed by atoms with Gasteiger partial charge in [0.2, 0.25) is 5.91 Å². The van der Waals surface area contributed by atoms with E-state index in [1.165, 1.54) is 12.1 Å². The van der Waals surface area contributed by atoms with Gasteiger partial charge in [0.1, 0.15) is 17.6 Å². The second-order valence-corrected chi connectivity index (χ2v) is 13.9. The van der Waals surface area contributed by atoms with Gasteiger partial charge in [-0.1, -0.05) is 19.3 Å². The first-order valence-corrected chi connectivity index (χ1v) is 17.1. The molecule has 0 radical (unpaired) electrons. The maximum absolute atomic E-state index is 15.6. The summed E-state index contributed by atoms with van der Waals surface area (Å²) in [5, 5.41) is 9.93. The zero-order valence-corrected chi connectivity index (χ0v) is 26.7. The Labute approximate surface area is 271 Å². The van der Waals surface area contributed by atoms with E-state index in [1.807, 2.05) is 19.1 Å². The van der Waals surface area contributed by atoms with Crippen molar-refractivity contribution < 1.29 is 23.1 Å². The summed E-state index contributed by atoms with van der Waals surface area (Å²) < 4.78 is 39.9. The number of carbonyl (C=O) groups excluding carboxylic acids is 2. The van der Waals surface area contributed by atoms with Crippen LogP contribution in [-0.4, -0.2) is 69.4 Å². The predicted octanol–water partition coefficient (Wildman–Crippen LogP) is 5.11. The van der Waals surface area contributed by atoms with E-state index in [2.05, 4.69) is 31.2 Å². The fraction of sp³-hybridized carbons (Fsp3) is 0.543. The van der Waals surface area contributed by atoms with Crippen LogP contribution in [0.5, 0.6) is 0 Å². The standard InChI is InChI=1S/C35H41F2N7O3/c1-20-26-9-6-21-14-30(43(31(21)40-26)13-5-3-2-4-11-35(18-47-19-35)34(46)39-20)32-41-27-15-23(25(37)16-29(27)44(32)22-7-8-22)33(45)42-28-17-38-12-10-24(28)36/h6,9,14-16,20,22,24,28,38H,2-5,7-8,10-13,17-19H2,1H3,(H,39,46)(H,42,45)/t20-,24+,28+/m1/s1. The second kappa shape index (κ2) is 12.0. The third kappa shape index (κ3) is 5.48. The Morgan fingerprint density at radius 2 is 1.91 bits per heavy atom. The zero-order chi connectivity index (χ0) is 32.3. The molecule has 4 aliphatic rings. The maximum Gasteiger partial charge on any atom is 0.254 e. The van der Waals surface area contributed by atoms with Crippen LogP contribution in [0.4, 0.5) is 8.78 Å². The van der Waals surface area contributed by atoms with Crippen LogP contribution in [0.15, 0.2) is 30.3 Å². The Balaban J connectivity index is 1.19. The number of carbonyl (C=O) groups is 2. The predicted molar refractivity (Wildman–Crippen MR) is 173 cm³/mol. The zero-order valence-electron chi connectivity index (χ0n) is 26.7. The van der Waals surface area contributed by atoms with Crippen molar-refractivity contribution in [2.75, 3.05) is 26.3 Å². The Morgan fingerprint density at radius 1 is 1.09 bits per heavy atom. The Morgan fingerprint density at radius 3 is 2.68 bits per heavy atom. The summed E-state index contributed by atoms with van der Waals surface area (Å²) in [5.74, 6) is -0.542. The van der Waals surface area contributed by atoms with Crippen LogP contribution in [0.2, 0.25) is 0 Å². The molecule has 3 fully saturated rings. The van der Waals surface area contributed by atoms with E-state index in [1.54, 1.807) is 0 Å². The van der Waals surface area contributed by atoms with Gasteiger partial charge >= 0.3 is 0 Å². The highest BCUT2D eigenvalue weighted by molar-refractivity contribution is 5.98. The van der Waals surface area contributed by atoms with Crippen molar-refractivity contribution >= 4 is 33.9 Å². The van der Waals surface area contributed by atoms with Crippen LogP contribution in [0.3, 0.4) is 0 Å². The molecular formula is C35H41F2N7O3. The van der Waals surface area contributed by atoms with E-state index in [0.717, 1.165) is 73.9 Å². The van der Waals surface area contributed by atoms with E-state index in [9.17, 15) is 14.0 Å². The lowest BCUT2D eigenvalue weighted by molar-refractivity contribution is -0.164. The molecule has 1 aliphatic carbocycles. The largest absolute Gasteiger partial charge is 0.379 e. The minimum atomic E-state index is -1.18. The summed E-state index contributed by atoms with van der Waals surface area (Å²) >= 11 is 0. The number of fused-ring (bicyclic) bond motifs is 2. The van der Waals surface area contributed by atoms with Crippen LogP contribution in [-0.2, 0) is 16.1 Å². The van der Waals surface area contributed by atoms with Gasteiger partial charge in [-0.3, -0.25) is 9.59 Å². The number of halogens is 2. The van der Waals surface area contributed by atoms with E-state index in [-0.39, 0.29) is 23.6 Å². The number of hydrogen-bond acceptors (Lipinski definition) is 6. The third-order valence-electron chi connectivity index (χ3n) is 10.5. The van der Waals surface area contributed by atoms with Gasteiger partial charge in [-0.15, -0.1) is 0 Å². The highest BCUT2D eigenvalue weighted by Gasteiger charge is 2.45. The van der Waals surface area contributed by atoms with Gasteiger partial charge in [-0.2, -0.15) is 0 Å². The molecule has 3 aromatic heterocycles. The summed E-state index contributed by atoms with van der Waals surface area (Å²) in [4.78, 5) is 36.6. The molecule has 12 heteroatoms. The van der Waals surface area contributed by atoms with Crippen molar-refractivity contribution in [2.24, 2.45) is 5.41 Å². The van der Waals surface area contributed by atoms with Crippen LogP contribution < -0.4 is 16.0 Å². The lowest BCUT2D eigenvalue weighted by Crippen LogP contribution is -2.54. The van der Waals surface area contributed by atoms with Gasteiger partial charge in [0.25, 0.3) is 5.91 Å². The van der Waals surface area contributed by atoms with Gasteiger partial charge in [0, 0.05) is 30.6 Å². The Kier molecular flexibility index (Phi) is 7.75. The van der Waals surface area contributed by atoms with Crippen molar-refractivity contribution in [3.05, 3.63) is 47.4 Å². The molecule has 8 rings (SSSR count).